The Bertz CT molecular complexity index is 942. The van der Waals surface area contributed by atoms with Crippen LogP contribution in [-0.2, 0) is 11.2 Å². The number of carbonyl (C=O) groups is 1. The Hall–Kier alpha value is -2.77. The number of aromatic nitrogens is 1. The molecule has 0 aliphatic rings. The number of nitrogens with zero attached hydrogens (tertiary/aromatic N) is 2. The number of nitro groups is 1. The smallest absolute Gasteiger partial charge is 0.292 e. The van der Waals surface area contributed by atoms with Crippen LogP contribution in [0.4, 0.5) is 16.5 Å². The van der Waals surface area contributed by atoms with Crippen molar-refractivity contribution in [2.45, 2.75) is 6.42 Å². The number of anilines is 2. The predicted octanol–water partition coefficient (Wildman–Crippen LogP) is 4.86. The first-order valence-electron chi connectivity index (χ1n) is 7.26. The summed E-state index contributed by atoms with van der Waals surface area (Å²) < 4.78 is 0. The number of nitrogens with one attached hydrogen (secondary N) is 1. The second kappa shape index (κ2) is 7.42. The van der Waals surface area contributed by atoms with Crippen molar-refractivity contribution in [3.63, 3.8) is 0 Å². The Morgan fingerprint density at radius 2 is 2.12 bits per heavy atom. The molecule has 3 aromatic rings. The van der Waals surface area contributed by atoms with Crippen LogP contribution in [0.1, 0.15) is 5.56 Å². The molecule has 2 aromatic carbocycles. The van der Waals surface area contributed by atoms with Crippen LogP contribution in [0, 0.1) is 10.1 Å². The van der Waals surface area contributed by atoms with Crippen molar-refractivity contribution in [1.29, 1.82) is 0 Å². The van der Waals surface area contributed by atoms with Crippen molar-refractivity contribution >= 4 is 45.7 Å². The molecule has 0 aliphatic heterocycles. The molecule has 25 heavy (non-hydrogen) atoms. The quantitative estimate of drug-likeness (QED) is 0.379. The lowest BCUT2D eigenvalue weighted by atomic mass is 10.1. The van der Waals surface area contributed by atoms with Gasteiger partial charge in [0.05, 0.1) is 10.6 Å². The molecule has 0 atom stereocenters. The largest absolute Gasteiger partial charge is 0.326 e. The Labute approximate surface area is 152 Å². The van der Waals surface area contributed by atoms with Gasteiger partial charge in [-0.15, -0.1) is 11.3 Å². The fourth-order valence-electron chi connectivity index (χ4n) is 2.29. The van der Waals surface area contributed by atoms with Crippen LogP contribution in [-0.4, -0.2) is 16.2 Å². The van der Waals surface area contributed by atoms with Gasteiger partial charge >= 0.3 is 0 Å². The van der Waals surface area contributed by atoms with Gasteiger partial charge in [0, 0.05) is 28.5 Å². The Morgan fingerprint density at radius 3 is 2.84 bits per heavy atom. The highest BCUT2D eigenvalue weighted by Gasteiger charge is 2.16. The van der Waals surface area contributed by atoms with Gasteiger partial charge in [-0.25, -0.2) is 4.98 Å². The predicted molar refractivity (Wildman–Crippen MR) is 98.7 cm³/mol. The lowest BCUT2D eigenvalue weighted by Gasteiger charge is -2.06. The van der Waals surface area contributed by atoms with Crippen molar-refractivity contribution in [2.24, 2.45) is 0 Å². The highest BCUT2D eigenvalue weighted by molar-refractivity contribution is 7.14. The minimum Gasteiger partial charge on any atom is -0.326 e. The number of nitro benzene ring substituents is 1. The molecule has 1 aromatic heterocycles. The summed E-state index contributed by atoms with van der Waals surface area (Å²) in [5.41, 5.74) is 2.50. The van der Waals surface area contributed by atoms with Crippen molar-refractivity contribution < 1.29 is 9.72 Å². The van der Waals surface area contributed by atoms with E-state index >= 15 is 0 Å². The number of carbonyl (C=O) groups excluding carboxylic acids is 1. The molecule has 3 rings (SSSR count). The summed E-state index contributed by atoms with van der Waals surface area (Å²) in [4.78, 5) is 25.9. The second-order valence-electron chi connectivity index (χ2n) is 5.15. The van der Waals surface area contributed by atoms with Crippen molar-refractivity contribution in [2.75, 3.05) is 5.32 Å². The van der Waals surface area contributed by atoms with E-state index in [0.717, 1.165) is 17.5 Å². The first-order chi connectivity index (χ1) is 12.1. The third-order valence-electron chi connectivity index (χ3n) is 3.44. The van der Waals surface area contributed by atoms with Gasteiger partial charge in [-0.1, -0.05) is 29.8 Å². The topological polar surface area (TPSA) is 85.1 Å². The maximum atomic E-state index is 11.2. The molecule has 1 heterocycles. The fourth-order valence-corrected chi connectivity index (χ4v) is 3.21. The van der Waals surface area contributed by atoms with Crippen LogP contribution in [0.15, 0.2) is 47.8 Å². The molecule has 0 saturated carbocycles. The first-order valence-corrected chi connectivity index (χ1v) is 8.52. The summed E-state index contributed by atoms with van der Waals surface area (Å²) in [6.45, 7) is 0. The number of hydrogen-bond donors (Lipinski definition) is 1. The van der Waals surface area contributed by atoms with E-state index in [1.807, 2.05) is 17.5 Å². The number of hydrogen-bond acceptors (Lipinski definition) is 6. The number of halogens is 1. The normalized spacial score (nSPS) is 10.4. The van der Waals surface area contributed by atoms with E-state index in [1.165, 1.54) is 17.4 Å². The maximum absolute atomic E-state index is 11.2. The van der Waals surface area contributed by atoms with Gasteiger partial charge in [-0.2, -0.15) is 0 Å². The lowest BCUT2D eigenvalue weighted by molar-refractivity contribution is -0.383. The Kier molecular flexibility index (Phi) is 5.06. The molecule has 0 radical (unpaired) electrons. The van der Waals surface area contributed by atoms with Gasteiger partial charge in [0.15, 0.2) is 5.13 Å². The number of rotatable bonds is 6. The number of aldehydes is 1. The zero-order chi connectivity index (χ0) is 17.8. The third kappa shape index (κ3) is 4.01. The van der Waals surface area contributed by atoms with Crippen LogP contribution in [0.5, 0.6) is 0 Å². The molecular weight excluding hydrogens is 362 g/mol. The van der Waals surface area contributed by atoms with Gasteiger partial charge < -0.3 is 10.1 Å². The zero-order valence-corrected chi connectivity index (χ0v) is 14.4. The van der Waals surface area contributed by atoms with Crippen LogP contribution >= 0.6 is 22.9 Å². The minimum absolute atomic E-state index is 0.0749. The molecule has 0 aliphatic carbocycles. The maximum Gasteiger partial charge on any atom is 0.292 e. The van der Waals surface area contributed by atoms with Crippen LogP contribution in [0.2, 0.25) is 5.02 Å². The monoisotopic (exact) mass is 373 g/mol. The Morgan fingerprint density at radius 1 is 1.28 bits per heavy atom. The third-order valence-corrected chi connectivity index (χ3v) is 4.44. The average molecular weight is 374 g/mol. The lowest BCUT2D eigenvalue weighted by Crippen LogP contribution is -1.98. The minimum atomic E-state index is -0.474. The van der Waals surface area contributed by atoms with E-state index < -0.39 is 4.92 Å². The molecule has 0 fully saturated rings. The highest BCUT2D eigenvalue weighted by atomic mass is 35.5. The van der Waals surface area contributed by atoms with Crippen molar-refractivity contribution in [3.8, 4) is 11.3 Å². The van der Waals surface area contributed by atoms with Crippen LogP contribution in [0.3, 0.4) is 0 Å². The summed E-state index contributed by atoms with van der Waals surface area (Å²) in [5.74, 6) is 0. The molecular formula is C17H12ClN3O3S. The van der Waals surface area contributed by atoms with Gasteiger partial charge in [0.2, 0.25) is 0 Å². The number of benzene rings is 2. The molecule has 0 spiro atoms. The first kappa shape index (κ1) is 17.1. The zero-order valence-electron chi connectivity index (χ0n) is 12.8. The van der Waals surface area contributed by atoms with Gasteiger partial charge in [-0.05, 0) is 23.8 Å². The van der Waals surface area contributed by atoms with Gasteiger partial charge in [0.25, 0.3) is 5.69 Å². The average Bonchev–Trinajstić information content (AvgIpc) is 3.04. The Balaban J connectivity index is 1.91. The molecule has 0 unspecified atom stereocenters. The SMILES string of the molecule is O=CCc1ccc([N+](=O)[O-])c(Nc2nc(-c3cccc(Cl)c3)cs2)c1. The van der Waals surface area contributed by atoms with Crippen LogP contribution < -0.4 is 5.32 Å². The molecule has 0 amide bonds. The van der Waals surface area contributed by atoms with Crippen molar-refractivity contribution in [1.82, 2.24) is 4.98 Å². The summed E-state index contributed by atoms with van der Waals surface area (Å²) in [5, 5.41) is 17.1. The molecule has 8 heteroatoms. The summed E-state index contributed by atoms with van der Waals surface area (Å²) >= 11 is 7.32. The van der Waals surface area contributed by atoms with E-state index in [2.05, 4.69) is 10.3 Å². The van der Waals surface area contributed by atoms with Gasteiger partial charge in [-0.3, -0.25) is 10.1 Å². The summed E-state index contributed by atoms with van der Waals surface area (Å²) in [6, 6.07) is 11.8. The standard InChI is InChI=1S/C17H12ClN3O3S/c18-13-3-1-2-12(9-13)15-10-25-17(20-15)19-14-8-11(6-7-22)4-5-16(14)21(23)24/h1-5,7-10H,6H2,(H,19,20). The highest BCUT2D eigenvalue weighted by Crippen LogP contribution is 2.32. The number of thiazole rings is 1. The molecule has 0 bridgehead atoms. The molecule has 1 N–H and O–H groups in total. The van der Waals surface area contributed by atoms with E-state index in [0.29, 0.717) is 21.4 Å². The van der Waals surface area contributed by atoms with E-state index in [4.69, 9.17) is 11.6 Å². The van der Waals surface area contributed by atoms with Crippen molar-refractivity contribution in [3.05, 3.63) is 68.5 Å². The fraction of sp³-hybridized carbons (Fsp3) is 0.0588. The van der Waals surface area contributed by atoms with Crippen LogP contribution in [0.25, 0.3) is 11.3 Å². The van der Waals surface area contributed by atoms with E-state index in [1.54, 1.807) is 24.3 Å². The summed E-state index contributed by atoms with van der Waals surface area (Å²) in [7, 11) is 0. The van der Waals surface area contributed by atoms with E-state index in [9.17, 15) is 14.9 Å². The van der Waals surface area contributed by atoms with Gasteiger partial charge in [0.1, 0.15) is 12.0 Å². The molecule has 126 valence electrons. The summed E-state index contributed by atoms with van der Waals surface area (Å²) in [6.07, 6.45) is 0.948. The molecule has 6 nitrogen and oxygen atoms in total. The molecule has 0 saturated heterocycles. The second-order valence-corrected chi connectivity index (χ2v) is 6.45. The van der Waals surface area contributed by atoms with E-state index in [-0.39, 0.29) is 12.1 Å².